The molecule has 25 heavy (non-hydrogen) atoms. The molecule has 6 nitrogen and oxygen atoms in total. The summed E-state index contributed by atoms with van der Waals surface area (Å²) < 4.78 is 5.38. The Morgan fingerprint density at radius 1 is 1.12 bits per heavy atom. The summed E-state index contributed by atoms with van der Waals surface area (Å²) in [6.07, 6.45) is 1.48. The molecule has 128 valence electrons. The zero-order chi connectivity index (χ0) is 17.9. The zero-order valence-electron chi connectivity index (χ0n) is 14.1. The number of carbonyl (C=O) groups excluding carboxylic acids is 2. The second-order valence-corrected chi connectivity index (χ2v) is 5.78. The maximum Gasteiger partial charge on any atom is 0.346 e. The van der Waals surface area contributed by atoms with Crippen LogP contribution in [0.25, 0.3) is 0 Å². The van der Waals surface area contributed by atoms with Crippen molar-refractivity contribution >= 4 is 18.2 Å². The van der Waals surface area contributed by atoms with Crippen LogP contribution in [0.1, 0.15) is 25.0 Å². The molecule has 1 fully saturated rings. The fourth-order valence-corrected chi connectivity index (χ4v) is 2.64. The number of nitrogens with one attached hydrogen (secondary N) is 1. The lowest BCUT2D eigenvalue weighted by molar-refractivity contribution is -0.131. The number of benzene rings is 2. The summed E-state index contributed by atoms with van der Waals surface area (Å²) in [5, 5.41) is 7.63. The van der Waals surface area contributed by atoms with Crippen molar-refractivity contribution in [3.8, 4) is 5.75 Å². The first kappa shape index (κ1) is 16.7. The van der Waals surface area contributed by atoms with Gasteiger partial charge in [0.2, 0.25) is 0 Å². The highest BCUT2D eigenvalue weighted by Gasteiger charge is 2.49. The number of urea groups is 1. The Kier molecular flexibility index (Phi) is 4.52. The predicted molar refractivity (Wildman–Crippen MR) is 94.4 cm³/mol. The number of hydrogen-bond donors (Lipinski definition) is 1. The molecule has 0 spiro atoms. The molecule has 1 aliphatic rings. The van der Waals surface area contributed by atoms with E-state index in [4.69, 9.17) is 4.74 Å². The highest BCUT2D eigenvalue weighted by molar-refractivity contribution is 6.07. The fraction of sp³-hybridized carbons (Fsp3) is 0.211. The van der Waals surface area contributed by atoms with Gasteiger partial charge in [-0.2, -0.15) is 5.10 Å². The van der Waals surface area contributed by atoms with E-state index in [9.17, 15) is 9.59 Å². The topological polar surface area (TPSA) is 71.0 Å². The van der Waals surface area contributed by atoms with Crippen LogP contribution in [0.5, 0.6) is 5.75 Å². The van der Waals surface area contributed by atoms with E-state index in [1.807, 2.05) is 49.4 Å². The maximum atomic E-state index is 12.7. The summed E-state index contributed by atoms with van der Waals surface area (Å²) in [7, 11) is 0. The first-order chi connectivity index (χ1) is 12.0. The summed E-state index contributed by atoms with van der Waals surface area (Å²) in [5.41, 5.74) is 0.360. The molecule has 3 rings (SSSR count). The van der Waals surface area contributed by atoms with Gasteiger partial charge in [-0.25, -0.2) is 4.79 Å². The van der Waals surface area contributed by atoms with Gasteiger partial charge in [-0.05, 0) is 49.2 Å². The van der Waals surface area contributed by atoms with E-state index in [0.29, 0.717) is 12.2 Å². The van der Waals surface area contributed by atoms with Crippen molar-refractivity contribution < 1.29 is 14.3 Å². The largest absolute Gasteiger partial charge is 0.494 e. The van der Waals surface area contributed by atoms with Crippen LogP contribution in [0.2, 0.25) is 0 Å². The number of nitrogens with zero attached hydrogens (tertiary/aromatic N) is 2. The third-order valence-electron chi connectivity index (χ3n) is 4.03. The van der Waals surface area contributed by atoms with E-state index >= 15 is 0 Å². The van der Waals surface area contributed by atoms with Crippen LogP contribution in [0.4, 0.5) is 4.79 Å². The second kappa shape index (κ2) is 6.76. The molecule has 0 bridgehead atoms. The molecule has 2 aromatic rings. The molecular formula is C19H19N3O3. The predicted octanol–water partition coefficient (Wildman–Crippen LogP) is 2.89. The van der Waals surface area contributed by atoms with Crippen LogP contribution < -0.4 is 10.1 Å². The molecule has 0 radical (unpaired) electrons. The van der Waals surface area contributed by atoms with Crippen molar-refractivity contribution in [1.82, 2.24) is 10.3 Å². The van der Waals surface area contributed by atoms with E-state index in [0.717, 1.165) is 16.3 Å². The lowest BCUT2D eigenvalue weighted by Gasteiger charge is -2.20. The molecule has 0 saturated carbocycles. The Morgan fingerprint density at radius 3 is 2.44 bits per heavy atom. The summed E-state index contributed by atoms with van der Waals surface area (Å²) in [5.74, 6) is 0.345. The highest BCUT2D eigenvalue weighted by atomic mass is 16.5. The number of imide groups is 1. The molecule has 0 unspecified atom stereocenters. The molecular weight excluding hydrogens is 318 g/mol. The van der Waals surface area contributed by atoms with E-state index in [-0.39, 0.29) is 0 Å². The highest BCUT2D eigenvalue weighted by Crippen LogP contribution is 2.28. The molecule has 0 aliphatic carbocycles. The van der Waals surface area contributed by atoms with Crippen LogP contribution in [0, 0.1) is 0 Å². The van der Waals surface area contributed by atoms with Crippen LogP contribution in [-0.4, -0.2) is 29.8 Å². The monoisotopic (exact) mass is 337 g/mol. The van der Waals surface area contributed by atoms with Crippen molar-refractivity contribution in [2.45, 2.75) is 19.4 Å². The van der Waals surface area contributed by atoms with Gasteiger partial charge in [-0.15, -0.1) is 5.01 Å². The Hall–Kier alpha value is -3.15. The number of amides is 3. The van der Waals surface area contributed by atoms with Gasteiger partial charge in [-0.1, -0.05) is 30.3 Å². The minimum absolute atomic E-state index is 0.411. The van der Waals surface area contributed by atoms with Crippen molar-refractivity contribution in [3.05, 3.63) is 65.7 Å². The molecule has 1 aliphatic heterocycles. The molecule has 1 saturated heterocycles. The van der Waals surface area contributed by atoms with Crippen LogP contribution in [0.3, 0.4) is 0 Å². The van der Waals surface area contributed by atoms with Gasteiger partial charge in [-0.3, -0.25) is 4.79 Å². The van der Waals surface area contributed by atoms with Crippen molar-refractivity contribution in [3.63, 3.8) is 0 Å². The number of hydrogen-bond acceptors (Lipinski definition) is 4. The van der Waals surface area contributed by atoms with Crippen molar-refractivity contribution in [2.75, 3.05) is 6.61 Å². The summed E-state index contributed by atoms with van der Waals surface area (Å²) in [6.45, 7) is 4.18. The molecule has 1 heterocycles. The van der Waals surface area contributed by atoms with Gasteiger partial charge in [0.25, 0.3) is 5.91 Å². The SMILES string of the molecule is CCOc1ccc(/C=N\N2C(=O)N[C@@](C)(c3ccccc3)C2=O)cc1. The Morgan fingerprint density at radius 2 is 1.80 bits per heavy atom. The van der Waals surface area contributed by atoms with Gasteiger partial charge in [0, 0.05) is 0 Å². The average Bonchev–Trinajstić information content (AvgIpc) is 2.85. The minimum atomic E-state index is -1.12. The van der Waals surface area contributed by atoms with Gasteiger partial charge >= 0.3 is 6.03 Å². The quantitative estimate of drug-likeness (QED) is 0.674. The van der Waals surface area contributed by atoms with Crippen LogP contribution in [-0.2, 0) is 10.3 Å². The minimum Gasteiger partial charge on any atom is -0.494 e. The standard InChI is InChI=1S/C19H19N3O3/c1-3-25-16-11-9-14(10-12-16)13-20-22-17(23)19(2,21-18(22)24)15-7-5-4-6-8-15/h4-13H,3H2,1-2H3,(H,21,24)/b20-13-/t19-/m0/s1. The van der Waals surface area contributed by atoms with E-state index in [1.54, 1.807) is 19.1 Å². The maximum absolute atomic E-state index is 12.7. The van der Waals surface area contributed by atoms with Crippen LogP contribution >= 0.6 is 0 Å². The Balaban J connectivity index is 1.79. The van der Waals surface area contributed by atoms with E-state index in [1.165, 1.54) is 6.21 Å². The normalized spacial score (nSPS) is 20.2. The van der Waals surface area contributed by atoms with Gasteiger partial charge in [0.05, 0.1) is 12.8 Å². The lowest BCUT2D eigenvalue weighted by Crippen LogP contribution is -2.40. The van der Waals surface area contributed by atoms with E-state index in [2.05, 4.69) is 10.4 Å². The molecule has 6 heteroatoms. The summed E-state index contributed by atoms with van der Waals surface area (Å²) >= 11 is 0. The molecule has 0 aromatic heterocycles. The Labute approximate surface area is 146 Å². The van der Waals surface area contributed by atoms with Crippen LogP contribution in [0.15, 0.2) is 59.7 Å². The number of carbonyl (C=O) groups is 2. The third kappa shape index (κ3) is 3.24. The molecule has 1 atom stereocenters. The first-order valence-corrected chi connectivity index (χ1v) is 8.03. The van der Waals surface area contributed by atoms with Gasteiger partial charge in [0.15, 0.2) is 0 Å². The fourth-order valence-electron chi connectivity index (χ4n) is 2.64. The van der Waals surface area contributed by atoms with E-state index < -0.39 is 17.5 Å². The lowest BCUT2D eigenvalue weighted by atomic mass is 9.92. The number of ether oxygens (including phenoxy) is 1. The molecule has 3 amide bonds. The van der Waals surface area contributed by atoms with Gasteiger partial charge in [0.1, 0.15) is 11.3 Å². The second-order valence-electron chi connectivity index (χ2n) is 5.78. The van der Waals surface area contributed by atoms with Crippen molar-refractivity contribution in [1.29, 1.82) is 0 Å². The smallest absolute Gasteiger partial charge is 0.346 e. The zero-order valence-corrected chi connectivity index (χ0v) is 14.1. The first-order valence-electron chi connectivity index (χ1n) is 8.03. The summed E-state index contributed by atoms with van der Waals surface area (Å²) in [4.78, 5) is 24.9. The number of hydrazone groups is 1. The van der Waals surface area contributed by atoms with Gasteiger partial charge < -0.3 is 10.1 Å². The summed E-state index contributed by atoms with van der Waals surface area (Å²) in [6, 6.07) is 15.8. The number of rotatable bonds is 5. The molecule has 1 N–H and O–H groups in total. The Bertz CT molecular complexity index is 802. The van der Waals surface area contributed by atoms with Crippen molar-refractivity contribution in [2.24, 2.45) is 5.10 Å². The third-order valence-corrected chi connectivity index (χ3v) is 4.03. The average molecular weight is 337 g/mol. The molecule has 2 aromatic carbocycles.